The van der Waals surface area contributed by atoms with Gasteiger partial charge in [0.05, 0.1) is 18.1 Å². The summed E-state index contributed by atoms with van der Waals surface area (Å²) in [6.45, 7) is 3.21. The molecule has 0 saturated heterocycles. The molecular formula is C14H19N3O6. The largest absolute Gasteiger partial charge is 0.493 e. The van der Waals surface area contributed by atoms with Crippen LogP contribution in [0.25, 0.3) is 0 Å². The van der Waals surface area contributed by atoms with E-state index in [0.717, 1.165) is 12.5 Å². The molecule has 0 heterocycles. The van der Waals surface area contributed by atoms with Crippen molar-refractivity contribution in [2.45, 2.75) is 26.3 Å². The van der Waals surface area contributed by atoms with E-state index in [9.17, 15) is 19.7 Å². The quantitative estimate of drug-likeness (QED) is 0.580. The molecule has 1 atom stereocenters. The molecule has 0 radical (unpaired) electrons. The maximum absolute atomic E-state index is 11.6. The molecule has 3 amide bonds. The van der Waals surface area contributed by atoms with Crippen LogP contribution in [0.1, 0.15) is 20.3 Å². The molecule has 0 spiro atoms. The topological polar surface area (TPSA) is 120 Å². The van der Waals surface area contributed by atoms with Gasteiger partial charge in [0, 0.05) is 12.1 Å². The van der Waals surface area contributed by atoms with Gasteiger partial charge in [0.1, 0.15) is 0 Å². The summed E-state index contributed by atoms with van der Waals surface area (Å²) in [5.74, 6) is -0.397. The molecule has 23 heavy (non-hydrogen) atoms. The molecule has 1 aromatic carbocycles. The second kappa shape index (κ2) is 8.57. The van der Waals surface area contributed by atoms with Crippen LogP contribution in [0.4, 0.5) is 10.5 Å². The molecule has 126 valence electrons. The highest BCUT2D eigenvalue weighted by Gasteiger charge is 2.15. The number of carbonyl (C=O) groups excluding carboxylic acids is 2. The van der Waals surface area contributed by atoms with E-state index in [4.69, 9.17) is 9.47 Å². The Bertz CT molecular complexity index is 590. The molecule has 1 rings (SSSR count). The summed E-state index contributed by atoms with van der Waals surface area (Å²) in [4.78, 5) is 33.3. The first-order chi connectivity index (χ1) is 10.9. The average molecular weight is 325 g/mol. The maximum atomic E-state index is 11.6. The van der Waals surface area contributed by atoms with Crippen LogP contribution < -0.4 is 20.1 Å². The van der Waals surface area contributed by atoms with Gasteiger partial charge in [-0.1, -0.05) is 6.92 Å². The van der Waals surface area contributed by atoms with E-state index in [0.29, 0.717) is 0 Å². The first kappa shape index (κ1) is 18.2. The molecule has 9 nitrogen and oxygen atoms in total. The third-order valence-electron chi connectivity index (χ3n) is 2.96. The Morgan fingerprint density at radius 1 is 1.35 bits per heavy atom. The number of hydrogen-bond donors (Lipinski definition) is 2. The Labute approximate surface area is 133 Å². The van der Waals surface area contributed by atoms with Gasteiger partial charge in [-0.15, -0.1) is 0 Å². The van der Waals surface area contributed by atoms with Crippen molar-refractivity contribution < 1.29 is 24.0 Å². The number of non-ortho nitro benzene ring substituents is 1. The van der Waals surface area contributed by atoms with Gasteiger partial charge in [0.25, 0.3) is 11.6 Å². The number of carbonyl (C=O) groups is 2. The number of nitrogens with zero attached hydrogens (tertiary/aromatic N) is 1. The van der Waals surface area contributed by atoms with Crippen molar-refractivity contribution >= 4 is 17.6 Å². The molecule has 1 aromatic rings. The van der Waals surface area contributed by atoms with Crippen LogP contribution in [0.15, 0.2) is 18.2 Å². The van der Waals surface area contributed by atoms with Crippen molar-refractivity contribution in [3.05, 3.63) is 28.3 Å². The number of benzene rings is 1. The van der Waals surface area contributed by atoms with Crippen LogP contribution in [0.2, 0.25) is 0 Å². The van der Waals surface area contributed by atoms with Gasteiger partial charge in [0.15, 0.2) is 18.1 Å². The van der Waals surface area contributed by atoms with Crippen LogP contribution in [-0.2, 0) is 4.79 Å². The van der Waals surface area contributed by atoms with Crippen LogP contribution in [-0.4, -0.2) is 36.6 Å². The van der Waals surface area contributed by atoms with Gasteiger partial charge in [-0.2, -0.15) is 0 Å². The lowest BCUT2D eigenvalue weighted by Gasteiger charge is -2.13. The van der Waals surface area contributed by atoms with E-state index in [2.05, 4.69) is 10.6 Å². The predicted molar refractivity (Wildman–Crippen MR) is 81.6 cm³/mol. The number of hydrogen-bond acceptors (Lipinski definition) is 6. The van der Waals surface area contributed by atoms with Gasteiger partial charge in [-0.05, 0) is 19.4 Å². The molecule has 0 saturated carbocycles. The Balaban J connectivity index is 2.63. The van der Waals surface area contributed by atoms with Gasteiger partial charge < -0.3 is 14.8 Å². The summed E-state index contributed by atoms with van der Waals surface area (Å²) in [7, 11) is 1.37. The molecule has 0 aliphatic carbocycles. The zero-order valence-electron chi connectivity index (χ0n) is 13.1. The van der Waals surface area contributed by atoms with Gasteiger partial charge in [-0.3, -0.25) is 20.2 Å². The van der Waals surface area contributed by atoms with Crippen molar-refractivity contribution in [3.8, 4) is 11.5 Å². The zero-order chi connectivity index (χ0) is 17.4. The number of nitro groups is 1. The number of nitrogens with one attached hydrogen (secondary N) is 2. The summed E-state index contributed by atoms with van der Waals surface area (Å²) in [5.41, 5.74) is -0.198. The fraction of sp³-hybridized carbons (Fsp3) is 0.429. The fourth-order valence-corrected chi connectivity index (χ4v) is 1.56. The van der Waals surface area contributed by atoms with E-state index < -0.39 is 23.5 Å². The number of amides is 3. The van der Waals surface area contributed by atoms with Gasteiger partial charge in [-0.25, -0.2) is 4.79 Å². The first-order valence-electron chi connectivity index (χ1n) is 6.93. The molecule has 9 heteroatoms. The molecule has 0 bridgehead atoms. The Kier molecular flexibility index (Phi) is 6.78. The lowest BCUT2D eigenvalue weighted by atomic mass is 10.3. The average Bonchev–Trinajstić information content (AvgIpc) is 2.52. The van der Waals surface area contributed by atoms with Crippen LogP contribution in [0.5, 0.6) is 11.5 Å². The molecule has 0 unspecified atom stereocenters. The second-order valence-corrected chi connectivity index (χ2v) is 4.71. The van der Waals surface area contributed by atoms with E-state index in [1.807, 2.05) is 6.92 Å². The lowest BCUT2D eigenvalue weighted by Crippen LogP contribution is -2.44. The Hall–Kier alpha value is -2.84. The summed E-state index contributed by atoms with van der Waals surface area (Å²) >= 11 is 0. The van der Waals surface area contributed by atoms with Crippen LogP contribution >= 0.6 is 0 Å². The van der Waals surface area contributed by atoms with Crippen molar-refractivity contribution in [2.75, 3.05) is 13.7 Å². The molecule has 0 aliphatic rings. The van der Waals surface area contributed by atoms with E-state index in [1.54, 1.807) is 6.92 Å². The third kappa shape index (κ3) is 5.81. The van der Waals surface area contributed by atoms with Crippen molar-refractivity contribution in [3.63, 3.8) is 0 Å². The number of rotatable bonds is 7. The third-order valence-corrected chi connectivity index (χ3v) is 2.96. The van der Waals surface area contributed by atoms with E-state index in [1.165, 1.54) is 19.2 Å². The summed E-state index contributed by atoms with van der Waals surface area (Å²) in [6, 6.07) is 3.07. The summed E-state index contributed by atoms with van der Waals surface area (Å²) < 4.78 is 10.2. The number of urea groups is 1. The van der Waals surface area contributed by atoms with E-state index >= 15 is 0 Å². The smallest absolute Gasteiger partial charge is 0.321 e. The van der Waals surface area contributed by atoms with Crippen molar-refractivity contribution in [2.24, 2.45) is 0 Å². The summed E-state index contributed by atoms with van der Waals surface area (Å²) in [5, 5.41) is 15.4. The van der Waals surface area contributed by atoms with Gasteiger partial charge >= 0.3 is 6.03 Å². The van der Waals surface area contributed by atoms with Crippen molar-refractivity contribution in [1.29, 1.82) is 0 Å². The van der Waals surface area contributed by atoms with Crippen molar-refractivity contribution in [1.82, 2.24) is 10.6 Å². The number of ether oxygens (including phenoxy) is 2. The highest BCUT2D eigenvalue weighted by Crippen LogP contribution is 2.30. The van der Waals surface area contributed by atoms with Gasteiger partial charge in [0.2, 0.25) is 0 Å². The normalized spacial score (nSPS) is 11.3. The lowest BCUT2D eigenvalue weighted by molar-refractivity contribution is -0.385. The minimum atomic E-state index is -0.681. The monoisotopic (exact) mass is 325 g/mol. The highest BCUT2D eigenvalue weighted by atomic mass is 16.6. The minimum Gasteiger partial charge on any atom is -0.493 e. The molecule has 2 N–H and O–H groups in total. The number of methoxy groups -OCH3 is 1. The standard InChI is InChI=1S/C14H19N3O6/c1-4-9(2)15-14(19)16-13(18)8-23-12-7-10(17(20)21)5-6-11(12)22-3/h5-7,9H,4,8H2,1-3H3,(H2,15,16,18,19)/t9-/m0/s1. The van der Waals surface area contributed by atoms with Crippen LogP contribution in [0.3, 0.4) is 0 Å². The van der Waals surface area contributed by atoms with Crippen LogP contribution in [0, 0.1) is 10.1 Å². The zero-order valence-corrected chi connectivity index (χ0v) is 13.1. The molecule has 0 aromatic heterocycles. The number of nitro benzene ring substituents is 1. The summed E-state index contributed by atoms with van der Waals surface area (Å²) in [6.07, 6.45) is 0.725. The first-order valence-corrected chi connectivity index (χ1v) is 6.93. The van der Waals surface area contributed by atoms with E-state index in [-0.39, 0.29) is 23.2 Å². The second-order valence-electron chi connectivity index (χ2n) is 4.71. The number of imide groups is 1. The predicted octanol–water partition coefficient (Wildman–Crippen LogP) is 1.61. The Morgan fingerprint density at radius 2 is 2.04 bits per heavy atom. The Morgan fingerprint density at radius 3 is 2.61 bits per heavy atom. The highest BCUT2D eigenvalue weighted by molar-refractivity contribution is 5.95. The fourth-order valence-electron chi connectivity index (χ4n) is 1.56. The molecule has 0 fully saturated rings. The molecule has 0 aliphatic heterocycles. The molecular weight excluding hydrogens is 306 g/mol. The minimum absolute atomic E-state index is 0.0409. The SMILES string of the molecule is CC[C@H](C)NC(=O)NC(=O)COc1cc([N+](=O)[O-])ccc1OC. The maximum Gasteiger partial charge on any atom is 0.321 e.